The molecular formula is C24H17Cl2FN2O3. The van der Waals surface area contributed by atoms with Crippen molar-refractivity contribution in [3.63, 3.8) is 0 Å². The number of anilines is 1. The van der Waals surface area contributed by atoms with Gasteiger partial charge < -0.3 is 14.8 Å². The van der Waals surface area contributed by atoms with E-state index >= 15 is 0 Å². The van der Waals surface area contributed by atoms with Gasteiger partial charge in [0.1, 0.15) is 35.6 Å². The summed E-state index contributed by atoms with van der Waals surface area (Å²) < 4.78 is 24.2. The van der Waals surface area contributed by atoms with Gasteiger partial charge in [0.05, 0.1) is 17.2 Å². The molecule has 32 heavy (non-hydrogen) atoms. The van der Waals surface area contributed by atoms with Gasteiger partial charge in [-0.3, -0.25) is 4.79 Å². The molecule has 0 radical (unpaired) electrons. The van der Waals surface area contributed by atoms with Crippen molar-refractivity contribution in [2.45, 2.75) is 6.61 Å². The molecular weight excluding hydrogens is 454 g/mol. The quantitative estimate of drug-likeness (QED) is 0.326. The largest absolute Gasteiger partial charge is 0.497 e. The third-order valence-electron chi connectivity index (χ3n) is 4.37. The number of halogens is 3. The highest BCUT2D eigenvalue weighted by atomic mass is 35.5. The minimum Gasteiger partial charge on any atom is -0.497 e. The van der Waals surface area contributed by atoms with Crippen LogP contribution in [0.15, 0.2) is 66.2 Å². The van der Waals surface area contributed by atoms with Crippen LogP contribution in [-0.2, 0) is 11.4 Å². The maximum Gasteiger partial charge on any atom is 0.266 e. The molecule has 0 aromatic heterocycles. The molecule has 0 bridgehead atoms. The molecule has 0 unspecified atom stereocenters. The van der Waals surface area contributed by atoms with E-state index in [9.17, 15) is 14.4 Å². The number of carbonyl (C=O) groups is 1. The van der Waals surface area contributed by atoms with E-state index in [1.165, 1.54) is 37.5 Å². The highest BCUT2D eigenvalue weighted by Gasteiger charge is 2.13. The molecule has 3 aromatic carbocycles. The van der Waals surface area contributed by atoms with E-state index in [-0.39, 0.29) is 12.2 Å². The Hall–Kier alpha value is -3.53. The summed E-state index contributed by atoms with van der Waals surface area (Å²) in [6, 6.07) is 17.3. The van der Waals surface area contributed by atoms with Crippen LogP contribution in [-0.4, -0.2) is 13.0 Å². The number of benzene rings is 3. The Morgan fingerprint density at radius 2 is 1.84 bits per heavy atom. The number of nitriles is 1. The zero-order valence-corrected chi connectivity index (χ0v) is 18.4. The summed E-state index contributed by atoms with van der Waals surface area (Å²) in [5.41, 5.74) is 1.49. The summed E-state index contributed by atoms with van der Waals surface area (Å²) in [5.74, 6) is -0.121. The molecule has 1 N–H and O–H groups in total. The number of nitrogens with zero attached hydrogens (tertiary/aromatic N) is 1. The van der Waals surface area contributed by atoms with E-state index < -0.39 is 11.7 Å². The zero-order chi connectivity index (χ0) is 23.1. The third-order valence-corrected chi connectivity index (χ3v) is 5.11. The molecule has 0 heterocycles. The highest BCUT2D eigenvalue weighted by Crippen LogP contribution is 2.29. The first-order chi connectivity index (χ1) is 15.4. The Balaban J connectivity index is 1.85. The molecule has 0 saturated heterocycles. The zero-order valence-electron chi connectivity index (χ0n) is 16.9. The van der Waals surface area contributed by atoms with Gasteiger partial charge in [-0.15, -0.1) is 0 Å². The summed E-state index contributed by atoms with van der Waals surface area (Å²) in [6.07, 6.45) is 1.41. The Morgan fingerprint density at radius 1 is 1.09 bits per heavy atom. The normalized spacial score (nSPS) is 10.9. The Labute approximate surface area is 194 Å². The maximum absolute atomic E-state index is 13.1. The molecule has 0 saturated carbocycles. The van der Waals surface area contributed by atoms with Crippen molar-refractivity contribution in [2.24, 2.45) is 0 Å². The van der Waals surface area contributed by atoms with E-state index in [2.05, 4.69) is 5.32 Å². The lowest BCUT2D eigenvalue weighted by Gasteiger charge is -2.12. The number of hydrogen-bond acceptors (Lipinski definition) is 4. The van der Waals surface area contributed by atoms with Gasteiger partial charge >= 0.3 is 0 Å². The Bertz CT molecular complexity index is 1200. The molecule has 0 spiro atoms. The fourth-order valence-electron chi connectivity index (χ4n) is 2.71. The van der Waals surface area contributed by atoms with Gasteiger partial charge in [0.2, 0.25) is 0 Å². The molecule has 5 nitrogen and oxygen atoms in total. The number of nitrogens with one attached hydrogen (secondary N) is 1. The second-order valence-electron chi connectivity index (χ2n) is 6.57. The molecule has 0 aliphatic rings. The van der Waals surface area contributed by atoms with Crippen LogP contribution < -0.4 is 14.8 Å². The third kappa shape index (κ3) is 6.01. The molecule has 0 fully saturated rings. The lowest BCUT2D eigenvalue weighted by Crippen LogP contribution is -2.13. The van der Waals surface area contributed by atoms with E-state index in [4.69, 9.17) is 32.7 Å². The van der Waals surface area contributed by atoms with Gasteiger partial charge in [0.25, 0.3) is 5.91 Å². The summed E-state index contributed by atoms with van der Waals surface area (Å²) in [5, 5.41) is 12.9. The van der Waals surface area contributed by atoms with Crippen LogP contribution in [0.3, 0.4) is 0 Å². The lowest BCUT2D eigenvalue weighted by molar-refractivity contribution is -0.112. The van der Waals surface area contributed by atoms with E-state index in [0.29, 0.717) is 32.8 Å². The van der Waals surface area contributed by atoms with Crippen LogP contribution in [0.1, 0.15) is 11.1 Å². The maximum atomic E-state index is 13.1. The monoisotopic (exact) mass is 470 g/mol. The average Bonchev–Trinajstić information content (AvgIpc) is 2.80. The lowest BCUT2D eigenvalue weighted by atomic mass is 10.1. The average molecular weight is 471 g/mol. The summed E-state index contributed by atoms with van der Waals surface area (Å²) in [7, 11) is 1.52. The molecule has 0 aliphatic carbocycles. The van der Waals surface area contributed by atoms with Crippen LogP contribution in [0.2, 0.25) is 10.0 Å². The second-order valence-corrected chi connectivity index (χ2v) is 7.39. The van der Waals surface area contributed by atoms with Crippen molar-refractivity contribution >= 4 is 40.9 Å². The van der Waals surface area contributed by atoms with Crippen LogP contribution in [0.5, 0.6) is 11.5 Å². The van der Waals surface area contributed by atoms with Crippen LogP contribution >= 0.6 is 23.2 Å². The fourth-order valence-corrected chi connectivity index (χ4v) is 3.03. The van der Waals surface area contributed by atoms with Crippen molar-refractivity contribution in [3.05, 3.63) is 93.2 Å². The molecule has 8 heteroatoms. The highest BCUT2D eigenvalue weighted by molar-refractivity contribution is 6.42. The second kappa shape index (κ2) is 10.7. The summed E-state index contributed by atoms with van der Waals surface area (Å²) in [6.45, 7) is 0.175. The van der Waals surface area contributed by atoms with E-state index in [1.54, 1.807) is 36.4 Å². The minimum atomic E-state index is -0.634. The minimum absolute atomic E-state index is 0.154. The van der Waals surface area contributed by atoms with E-state index in [1.807, 2.05) is 6.07 Å². The predicted octanol–water partition coefficient (Wildman–Crippen LogP) is 6.27. The first-order valence-corrected chi connectivity index (χ1v) is 10.1. The Kier molecular flexibility index (Phi) is 7.72. The first-order valence-electron chi connectivity index (χ1n) is 9.33. The van der Waals surface area contributed by atoms with E-state index in [0.717, 1.165) is 5.56 Å². The van der Waals surface area contributed by atoms with Crippen LogP contribution in [0.25, 0.3) is 6.08 Å². The van der Waals surface area contributed by atoms with Crippen molar-refractivity contribution in [1.82, 2.24) is 0 Å². The number of carbonyl (C=O) groups excluding carboxylic acids is 1. The molecule has 1 amide bonds. The van der Waals surface area contributed by atoms with Gasteiger partial charge in [-0.1, -0.05) is 29.3 Å². The van der Waals surface area contributed by atoms with Gasteiger partial charge in [0.15, 0.2) is 0 Å². The Morgan fingerprint density at radius 3 is 2.50 bits per heavy atom. The van der Waals surface area contributed by atoms with Gasteiger partial charge in [-0.05, 0) is 60.2 Å². The SMILES string of the molecule is COc1ccc(/C=C(\C#N)C(=O)Nc2ccc(F)cc2)c(OCc2ccc(Cl)c(Cl)c2)c1. The number of ether oxygens (including phenoxy) is 2. The smallest absolute Gasteiger partial charge is 0.266 e. The van der Waals surface area contributed by atoms with Gasteiger partial charge in [-0.25, -0.2) is 4.39 Å². The summed E-state index contributed by atoms with van der Waals surface area (Å²) in [4.78, 5) is 12.5. The topological polar surface area (TPSA) is 71.3 Å². The van der Waals surface area contributed by atoms with Crippen molar-refractivity contribution < 1.29 is 18.7 Å². The fraction of sp³-hybridized carbons (Fsp3) is 0.0833. The number of amides is 1. The van der Waals surface area contributed by atoms with Crippen molar-refractivity contribution in [2.75, 3.05) is 12.4 Å². The number of methoxy groups -OCH3 is 1. The van der Waals surface area contributed by atoms with Crippen molar-refractivity contribution in [3.8, 4) is 17.6 Å². The van der Waals surface area contributed by atoms with Gasteiger partial charge in [-0.2, -0.15) is 5.26 Å². The number of rotatable bonds is 7. The standard InChI is InChI=1S/C24H17Cl2FN2O3/c1-31-20-8-3-16(23(12-20)32-14-15-2-9-21(25)22(26)10-15)11-17(13-28)24(30)29-19-6-4-18(27)5-7-19/h2-12H,14H2,1H3,(H,29,30)/b17-11+. The molecule has 162 valence electrons. The van der Waals surface area contributed by atoms with Gasteiger partial charge in [0, 0.05) is 17.3 Å². The van der Waals surface area contributed by atoms with Crippen molar-refractivity contribution in [1.29, 1.82) is 5.26 Å². The molecule has 3 rings (SSSR count). The molecule has 0 aliphatic heterocycles. The summed E-state index contributed by atoms with van der Waals surface area (Å²) >= 11 is 12.0. The molecule has 0 atom stereocenters. The van der Waals surface area contributed by atoms with Crippen LogP contribution in [0.4, 0.5) is 10.1 Å². The number of hydrogen-bond donors (Lipinski definition) is 1. The first kappa shape index (κ1) is 23.1. The predicted molar refractivity (Wildman–Crippen MR) is 122 cm³/mol. The van der Waals surface area contributed by atoms with Crippen LogP contribution in [0, 0.1) is 17.1 Å². The molecule has 3 aromatic rings.